The fourth-order valence-electron chi connectivity index (χ4n) is 1.87. The van der Waals surface area contributed by atoms with E-state index in [2.05, 4.69) is 16.2 Å². The van der Waals surface area contributed by atoms with Crippen molar-refractivity contribution in [3.63, 3.8) is 0 Å². The molecule has 0 spiro atoms. The highest BCUT2D eigenvalue weighted by Crippen LogP contribution is 2.30. The summed E-state index contributed by atoms with van der Waals surface area (Å²) in [5, 5.41) is 14.5. The van der Waals surface area contributed by atoms with Crippen molar-refractivity contribution in [1.82, 2.24) is 9.78 Å². The first-order valence-corrected chi connectivity index (χ1v) is 7.74. The third-order valence-electron chi connectivity index (χ3n) is 2.75. The van der Waals surface area contributed by atoms with E-state index in [4.69, 9.17) is 4.74 Å². The van der Waals surface area contributed by atoms with Crippen molar-refractivity contribution < 1.29 is 4.74 Å². The second-order valence-corrected chi connectivity index (χ2v) is 4.93. The maximum atomic E-state index is 9.41. The third-order valence-corrected chi connectivity index (χ3v) is 3.42. The molecule has 6 heteroatoms. The molecule has 2 aromatic rings. The zero-order valence-corrected chi connectivity index (χ0v) is 13.0. The number of aliphatic imine (C=N–C) groups is 1. The Morgan fingerprint density at radius 1 is 1.43 bits per heavy atom. The van der Waals surface area contributed by atoms with E-state index in [0.29, 0.717) is 28.9 Å². The lowest BCUT2D eigenvalue weighted by Crippen LogP contribution is -2.01. The molecule has 1 aromatic carbocycles. The molecular weight excluding hydrogens is 284 g/mol. The maximum Gasteiger partial charge on any atom is 0.186 e. The number of para-hydroxylation sites is 1. The van der Waals surface area contributed by atoms with Gasteiger partial charge in [0.2, 0.25) is 0 Å². The van der Waals surface area contributed by atoms with Gasteiger partial charge in [-0.2, -0.15) is 15.4 Å². The lowest BCUT2D eigenvalue weighted by Gasteiger charge is -2.05. The molecule has 0 amide bonds. The first kappa shape index (κ1) is 15.1. The number of nitriles is 1. The van der Waals surface area contributed by atoms with Crippen LogP contribution in [0.3, 0.4) is 0 Å². The van der Waals surface area contributed by atoms with Crippen LogP contribution in [0.15, 0.2) is 40.4 Å². The highest BCUT2D eigenvalue weighted by atomic mass is 32.2. The van der Waals surface area contributed by atoms with E-state index in [0.717, 1.165) is 5.69 Å². The molecule has 0 N–H and O–H groups in total. The van der Waals surface area contributed by atoms with Gasteiger partial charge in [-0.15, -0.1) is 11.8 Å². The second-order valence-electron chi connectivity index (χ2n) is 4.13. The van der Waals surface area contributed by atoms with Gasteiger partial charge in [0.1, 0.15) is 16.7 Å². The number of benzene rings is 1. The van der Waals surface area contributed by atoms with Crippen molar-refractivity contribution in [2.45, 2.75) is 18.9 Å². The molecule has 0 fully saturated rings. The summed E-state index contributed by atoms with van der Waals surface area (Å²) in [6.45, 7) is 4.20. The Balaban J connectivity index is 2.62. The molecule has 1 aromatic heterocycles. The highest BCUT2D eigenvalue weighted by molar-refractivity contribution is 7.98. The van der Waals surface area contributed by atoms with Crippen LogP contribution in [0, 0.1) is 11.3 Å². The standard InChI is InChI=1S/C15H16N4OS/c1-4-20-11(2)17-14-13(10-16)15(21-3)18-19(14)12-8-6-5-7-9-12/h5-9H,4H2,1-3H3. The lowest BCUT2D eigenvalue weighted by molar-refractivity contribution is 0.324. The quantitative estimate of drug-likeness (QED) is 0.492. The second kappa shape index (κ2) is 6.95. The largest absolute Gasteiger partial charge is 0.481 e. The van der Waals surface area contributed by atoms with Gasteiger partial charge in [0.15, 0.2) is 11.7 Å². The van der Waals surface area contributed by atoms with Crippen LogP contribution in [0.4, 0.5) is 5.82 Å². The summed E-state index contributed by atoms with van der Waals surface area (Å²) >= 11 is 1.43. The van der Waals surface area contributed by atoms with E-state index >= 15 is 0 Å². The molecule has 0 aliphatic heterocycles. The number of rotatable bonds is 4. The monoisotopic (exact) mass is 300 g/mol. The Morgan fingerprint density at radius 2 is 2.14 bits per heavy atom. The Kier molecular flexibility index (Phi) is 5.01. The molecule has 0 saturated carbocycles. The Hall–Kier alpha value is -2.26. The van der Waals surface area contributed by atoms with Gasteiger partial charge in [0, 0.05) is 6.92 Å². The average Bonchev–Trinajstić information content (AvgIpc) is 2.86. The van der Waals surface area contributed by atoms with Gasteiger partial charge in [0.05, 0.1) is 12.3 Å². The number of hydrogen-bond acceptors (Lipinski definition) is 5. The van der Waals surface area contributed by atoms with Crippen molar-refractivity contribution in [2.24, 2.45) is 4.99 Å². The Labute approximate surface area is 128 Å². The first-order valence-electron chi connectivity index (χ1n) is 6.51. The number of ether oxygens (including phenoxy) is 1. The molecule has 0 aliphatic carbocycles. The summed E-state index contributed by atoms with van der Waals surface area (Å²) in [6.07, 6.45) is 1.89. The minimum atomic E-state index is 0.463. The van der Waals surface area contributed by atoms with Crippen LogP contribution < -0.4 is 0 Å². The molecule has 0 saturated heterocycles. The first-order chi connectivity index (χ1) is 10.2. The number of aromatic nitrogens is 2. The fourth-order valence-corrected chi connectivity index (χ4v) is 2.38. The molecule has 0 unspecified atom stereocenters. The van der Waals surface area contributed by atoms with Gasteiger partial charge in [-0.25, -0.2) is 4.68 Å². The van der Waals surface area contributed by atoms with Crippen molar-refractivity contribution >= 4 is 23.5 Å². The molecule has 2 rings (SSSR count). The van der Waals surface area contributed by atoms with Crippen molar-refractivity contribution in [2.75, 3.05) is 12.9 Å². The van der Waals surface area contributed by atoms with E-state index in [1.54, 1.807) is 11.6 Å². The third kappa shape index (κ3) is 3.26. The van der Waals surface area contributed by atoms with E-state index in [9.17, 15) is 5.26 Å². The van der Waals surface area contributed by atoms with E-state index < -0.39 is 0 Å². The van der Waals surface area contributed by atoms with Crippen LogP contribution in [0.25, 0.3) is 5.69 Å². The van der Waals surface area contributed by atoms with Gasteiger partial charge in [0.25, 0.3) is 0 Å². The summed E-state index contributed by atoms with van der Waals surface area (Å²) in [5.41, 5.74) is 1.32. The van der Waals surface area contributed by atoms with E-state index in [-0.39, 0.29) is 0 Å². The van der Waals surface area contributed by atoms with Crippen LogP contribution in [-0.2, 0) is 4.74 Å². The molecule has 108 valence electrons. The number of nitrogens with zero attached hydrogens (tertiary/aromatic N) is 4. The van der Waals surface area contributed by atoms with Crippen LogP contribution in [-0.4, -0.2) is 28.5 Å². The number of thioether (sulfide) groups is 1. The van der Waals surface area contributed by atoms with Gasteiger partial charge in [-0.05, 0) is 25.3 Å². The molecule has 0 bridgehead atoms. The average molecular weight is 300 g/mol. The van der Waals surface area contributed by atoms with Crippen molar-refractivity contribution in [1.29, 1.82) is 5.26 Å². The molecular formula is C15H16N4OS. The predicted molar refractivity (Wildman–Crippen MR) is 84.5 cm³/mol. The van der Waals surface area contributed by atoms with Gasteiger partial charge in [-0.3, -0.25) is 0 Å². The van der Waals surface area contributed by atoms with Crippen molar-refractivity contribution in [3.8, 4) is 11.8 Å². The zero-order chi connectivity index (χ0) is 15.2. The minimum Gasteiger partial charge on any atom is -0.481 e. The maximum absolute atomic E-state index is 9.41. The SMILES string of the molecule is CCOC(C)=Nc1c(C#N)c(SC)nn1-c1ccccc1. The van der Waals surface area contributed by atoms with Gasteiger partial charge in [-0.1, -0.05) is 18.2 Å². The molecule has 5 nitrogen and oxygen atoms in total. The van der Waals surface area contributed by atoms with Gasteiger partial charge < -0.3 is 4.74 Å². The summed E-state index contributed by atoms with van der Waals surface area (Å²) < 4.78 is 7.05. The zero-order valence-electron chi connectivity index (χ0n) is 12.2. The summed E-state index contributed by atoms with van der Waals surface area (Å²) in [6, 6.07) is 11.8. The molecule has 0 radical (unpaired) electrons. The molecule has 1 heterocycles. The van der Waals surface area contributed by atoms with E-state index in [1.807, 2.05) is 43.5 Å². The van der Waals surface area contributed by atoms with Crippen LogP contribution in [0.5, 0.6) is 0 Å². The van der Waals surface area contributed by atoms with Crippen LogP contribution in [0.1, 0.15) is 19.4 Å². The van der Waals surface area contributed by atoms with Crippen LogP contribution >= 0.6 is 11.8 Å². The fraction of sp³-hybridized carbons (Fsp3) is 0.267. The summed E-state index contributed by atoms with van der Waals surface area (Å²) in [7, 11) is 0. The van der Waals surface area contributed by atoms with Crippen molar-refractivity contribution in [3.05, 3.63) is 35.9 Å². The van der Waals surface area contributed by atoms with E-state index in [1.165, 1.54) is 11.8 Å². The Morgan fingerprint density at radius 3 is 2.71 bits per heavy atom. The predicted octanol–water partition coefficient (Wildman–Crippen LogP) is 3.55. The molecule has 0 atom stereocenters. The molecule has 0 aliphatic rings. The highest BCUT2D eigenvalue weighted by Gasteiger charge is 2.18. The van der Waals surface area contributed by atoms with Gasteiger partial charge >= 0.3 is 0 Å². The van der Waals surface area contributed by atoms with Crippen LogP contribution in [0.2, 0.25) is 0 Å². The topological polar surface area (TPSA) is 63.2 Å². The number of hydrogen-bond donors (Lipinski definition) is 0. The molecule has 21 heavy (non-hydrogen) atoms. The summed E-state index contributed by atoms with van der Waals surface area (Å²) in [4.78, 5) is 4.42. The smallest absolute Gasteiger partial charge is 0.186 e. The summed E-state index contributed by atoms with van der Waals surface area (Å²) in [5.74, 6) is 1.01. The normalized spacial score (nSPS) is 11.2. The lowest BCUT2D eigenvalue weighted by atomic mass is 10.3. The Bertz CT molecular complexity index is 686. The minimum absolute atomic E-state index is 0.463.